The first-order valence-corrected chi connectivity index (χ1v) is 35.3. The fraction of sp³-hybridized carbons (Fsp3) is 0.529. The van der Waals surface area contributed by atoms with Gasteiger partial charge in [-0.15, -0.1) is 0 Å². The molecule has 4 N–H and O–H groups in total. The Labute approximate surface area is 528 Å². The average molecular weight is 1270 g/mol. The van der Waals surface area contributed by atoms with E-state index in [1.54, 1.807) is 46.3 Å². The van der Waals surface area contributed by atoms with E-state index in [1.165, 1.54) is 81.8 Å². The summed E-state index contributed by atoms with van der Waals surface area (Å²) in [5.74, 6) is 4.62. The van der Waals surface area contributed by atoms with E-state index in [4.69, 9.17) is 62.2 Å². The molecule has 0 amide bonds. The second-order valence-corrected chi connectivity index (χ2v) is 27.6. The Morgan fingerprint density at radius 1 is 0.449 bits per heavy atom. The van der Waals surface area contributed by atoms with Crippen LogP contribution in [0.5, 0.6) is 34.5 Å². The molecule has 0 radical (unpaired) electrons. The zero-order valence-electron chi connectivity index (χ0n) is 54.2. The SMILES string of the molecule is CCOP(=O)(COc1cc(C)c(Cc2ccc(OCOC)c(C3CCCCC3)n2)c(C)c1)OCC.COCOc1ccc(Cc2c(C)cc(O)cc2C)nc1C1CCCCC1.Cc1cc(OCP(=O)(O)O)cc(C)c1Cc1ccc(O)c(C2CCCCC2)n1. The van der Waals surface area contributed by atoms with E-state index in [2.05, 4.69) is 13.8 Å². The average Bonchev–Trinajstić information content (AvgIpc) is 1.46. The van der Waals surface area contributed by atoms with Gasteiger partial charge < -0.3 is 57.5 Å². The highest BCUT2D eigenvalue weighted by Crippen LogP contribution is 2.48. The van der Waals surface area contributed by atoms with Gasteiger partial charge in [0.2, 0.25) is 0 Å². The highest BCUT2D eigenvalue weighted by atomic mass is 31.2. The Kier molecular flexibility index (Phi) is 27.4. The molecule has 3 aliphatic carbocycles. The van der Waals surface area contributed by atoms with Crippen LogP contribution < -0.4 is 18.9 Å². The molecule has 17 nitrogen and oxygen atoms in total. The van der Waals surface area contributed by atoms with Gasteiger partial charge in [0, 0.05) is 68.3 Å². The molecule has 3 fully saturated rings. The van der Waals surface area contributed by atoms with Crippen LogP contribution in [0.2, 0.25) is 0 Å². The van der Waals surface area contributed by atoms with Crippen molar-refractivity contribution >= 4 is 15.2 Å². The van der Waals surface area contributed by atoms with Crippen LogP contribution in [0.25, 0.3) is 0 Å². The van der Waals surface area contributed by atoms with Gasteiger partial charge in [-0.3, -0.25) is 24.1 Å². The number of hydrogen-bond acceptors (Lipinski definition) is 15. The van der Waals surface area contributed by atoms with Crippen molar-refractivity contribution < 1.29 is 66.6 Å². The second kappa shape index (κ2) is 34.5. The minimum Gasteiger partial charge on any atom is -0.508 e. The van der Waals surface area contributed by atoms with Gasteiger partial charge in [0.25, 0.3) is 0 Å². The Bertz CT molecular complexity index is 3260. The van der Waals surface area contributed by atoms with Crippen LogP contribution in [0, 0.1) is 41.5 Å². The topological polar surface area (TPSA) is 228 Å². The van der Waals surface area contributed by atoms with Gasteiger partial charge in [0.15, 0.2) is 26.3 Å². The van der Waals surface area contributed by atoms with Crippen LogP contribution in [-0.4, -0.2) is 88.7 Å². The molecule has 19 heteroatoms. The van der Waals surface area contributed by atoms with Gasteiger partial charge in [-0.2, -0.15) is 0 Å². The maximum absolute atomic E-state index is 12.7. The Hall–Kier alpha value is -5.87. The first-order chi connectivity index (χ1) is 42.7. The lowest BCUT2D eigenvalue weighted by Gasteiger charge is -2.24. The number of phenolic OH excluding ortho intramolecular Hbond substituents is 1. The summed E-state index contributed by atoms with van der Waals surface area (Å²) in [6, 6.07) is 22.9. The molecule has 0 spiro atoms. The molecule has 0 unspecified atom stereocenters. The monoisotopic (exact) mass is 1270 g/mol. The third kappa shape index (κ3) is 21.4. The van der Waals surface area contributed by atoms with Crippen molar-refractivity contribution in [2.45, 2.75) is 189 Å². The molecule has 9 rings (SSSR count). The summed E-state index contributed by atoms with van der Waals surface area (Å²) in [7, 11) is -4.21. The number of benzene rings is 3. The number of phenols is 1. The quantitative estimate of drug-likeness (QED) is 0.0309. The van der Waals surface area contributed by atoms with Crippen LogP contribution in [0.3, 0.4) is 0 Å². The number of pyridine rings is 3. The van der Waals surface area contributed by atoms with Crippen LogP contribution in [0.4, 0.5) is 0 Å². The van der Waals surface area contributed by atoms with Gasteiger partial charge >= 0.3 is 15.2 Å². The number of methoxy groups -OCH3 is 2. The van der Waals surface area contributed by atoms with Crippen molar-refractivity contribution in [1.82, 2.24) is 15.0 Å². The zero-order valence-corrected chi connectivity index (χ0v) is 56.0. The van der Waals surface area contributed by atoms with Crippen molar-refractivity contribution in [3.8, 4) is 34.5 Å². The molecule has 0 aliphatic heterocycles. The van der Waals surface area contributed by atoms with Gasteiger partial charge in [-0.05, 0) is 217 Å². The first-order valence-electron chi connectivity index (χ1n) is 31.8. The summed E-state index contributed by atoms with van der Waals surface area (Å²) in [5.41, 5.74) is 15.8. The number of aromatic hydroxyl groups is 2. The number of aromatic nitrogens is 3. The first kappa shape index (κ1) is 70.6. The number of hydrogen-bond donors (Lipinski definition) is 4. The lowest BCUT2D eigenvalue weighted by molar-refractivity contribution is 0.0494. The van der Waals surface area contributed by atoms with Crippen LogP contribution >= 0.6 is 15.2 Å². The molecule has 3 aromatic carbocycles. The maximum atomic E-state index is 12.7. The summed E-state index contributed by atoms with van der Waals surface area (Å²) in [6.07, 6.45) is 19.4. The normalized spacial score (nSPS) is 15.1. The highest BCUT2D eigenvalue weighted by molar-refractivity contribution is 7.53. The van der Waals surface area contributed by atoms with E-state index in [1.807, 2.05) is 82.3 Å². The van der Waals surface area contributed by atoms with Crippen molar-refractivity contribution in [1.29, 1.82) is 0 Å². The third-order valence-electron chi connectivity index (χ3n) is 17.0. The number of rotatable bonds is 25. The molecular weight excluding hydrogens is 1170 g/mol. The molecular formula is C70H97N3O14P2. The van der Waals surface area contributed by atoms with Gasteiger partial charge in [-0.25, -0.2) is 0 Å². The smallest absolute Gasteiger partial charge is 0.367 e. The molecule has 0 atom stereocenters. The lowest BCUT2D eigenvalue weighted by Crippen LogP contribution is -2.12. The van der Waals surface area contributed by atoms with E-state index in [0.29, 0.717) is 54.6 Å². The van der Waals surface area contributed by atoms with Gasteiger partial charge in [0.1, 0.15) is 34.5 Å². The Morgan fingerprint density at radius 3 is 1.15 bits per heavy atom. The lowest BCUT2D eigenvalue weighted by atomic mass is 9.86. The standard InChI is InChI=1S/C27H40NO6P.C22H29NO3.C21H28NO5P/c1-6-33-35(29,34-7-2)19-32-24-15-20(3)25(21(4)16-24)17-23-13-14-26(31-18-30-5)27(28-23)22-11-9-8-10-12-22;1-15-11-19(24)12-16(2)20(15)13-18-9-10-21(26-14-25-3)22(23-18)17-7-5-4-6-8-17;1-14-10-18(27-13-28(24,25)26)11-15(2)19(14)12-17-8-9-20(23)21(22-17)16-6-4-3-5-7-16/h13-16,22H,6-12,17-19H2,1-5H3;9-12,17,24H,4-8,13-14H2,1-3H3;8-11,16,23H,3-7,12-13H2,1-2H3,(H2,24,25,26). The summed E-state index contributed by atoms with van der Waals surface area (Å²) >= 11 is 0. The summed E-state index contributed by atoms with van der Waals surface area (Å²) in [5, 5.41) is 20.1. The maximum Gasteiger partial charge on any atom is 0.367 e. The predicted octanol–water partition coefficient (Wildman–Crippen LogP) is 16.5. The van der Waals surface area contributed by atoms with Crippen molar-refractivity contribution in [2.24, 2.45) is 0 Å². The molecule has 3 aromatic heterocycles. The van der Waals surface area contributed by atoms with E-state index in [0.717, 1.165) is 123 Å². The molecule has 3 saturated carbocycles. The fourth-order valence-electron chi connectivity index (χ4n) is 12.6. The highest BCUT2D eigenvalue weighted by Gasteiger charge is 2.27. The van der Waals surface area contributed by atoms with Crippen molar-refractivity contribution in [3.63, 3.8) is 0 Å². The molecule has 0 bridgehead atoms. The zero-order chi connectivity index (χ0) is 64.1. The molecule has 0 saturated heterocycles. The molecule has 486 valence electrons. The summed E-state index contributed by atoms with van der Waals surface area (Å²) < 4.78 is 67.3. The largest absolute Gasteiger partial charge is 0.508 e. The van der Waals surface area contributed by atoms with E-state index < -0.39 is 21.5 Å². The molecule has 6 aromatic rings. The number of ether oxygens (including phenoxy) is 6. The molecule has 3 aliphatic rings. The molecule has 89 heavy (non-hydrogen) atoms. The summed E-state index contributed by atoms with van der Waals surface area (Å²) in [6.45, 7) is 16.8. The van der Waals surface area contributed by atoms with Crippen LogP contribution in [-0.2, 0) is 46.9 Å². The minimum atomic E-state index is -4.21. The predicted molar refractivity (Wildman–Crippen MR) is 349 cm³/mol. The van der Waals surface area contributed by atoms with Crippen molar-refractivity contribution in [2.75, 3.05) is 53.7 Å². The second-order valence-electron chi connectivity index (χ2n) is 24.0. The van der Waals surface area contributed by atoms with E-state index in [9.17, 15) is 19.3 Å². The summed E-state index contributed by atoms with van der Waals surface area (Å²) in [4.78, 5) is 32.8. The Balaban J connectivity index is 0.000000193. The minimum absolute atomic E-state index is 0.109. The Morgan fingerprint density at radius 2 is 0.787 bits per heavy atom. The molecule has 3 heterocycles. The fourth-order valence-corrected chi connectivity index (χ4v) is 14.2. The van der Waals surface area contributed by atoms with Crippen molar-refractivity contribution in [3.05, 3.63) is 157 Å². The third-order valence-corrected chi connectivity index (χ3v) is 19.2. The number of aryl methyl sites for hydroxylation is 6. The van der Waals surface area contributed by atoms with E-state index in [-0.39, 0.29) is 25.7 Å². The number of nitrogens with zero attached hydrogens (tertiary/aromatic N) is 3. The van der Waals surface area contributed by atoms with Crippen LogP contribution in [0.1, 0.15) is 212 Å². The van der Waals surface area contributed by atoms with Crippen LogP contribution in [0.15, 0.2) is 72.8 Å². The van der Waals surface area contributed by atoms with Gasteiger partial charge in [0.05, 0.1) is 30.3 Å². The van der Waals surface area contributed by atoms with Gasteiger partial charge in [-0.1, -0.05) is 57.8 Å². The van der Waals surface area contributed by atoms with E-state index >= 15 is 0 Å².